The van der Waals surface area contributed by atoms with Crippen molar-refractivity contribution in [2.75, 3.05) is 11.1 Å². The number of aromatic nitrogens is 3. The van der Waals surface area contributed by atoms with Crippen molar-refractivity contribution in [3.8, 4) is 5.69 Å². The molecule has 4 aromatic rings. The third kappa shape index (κ3) is 4.73. The molecule has 0 spiro atoms. The number of thioether (sulfide) groups is 1. The van der Waals surface area contributed by atoms with Gasteiger partial charge in [-0.1, -0.05) is 56.8 Å². The maximum absolute atomic E-state index is 13.2. The fourth-order valence-corrected chi connectivity index (χ4v) is 4.12. The Bertz CT molecular complexity index is 1310. The van der Waals surface area contributed by atoms with Gasteiger partial charge in [0.25, 0.3) is 5.56 Å². The number of para-hydroxylation sites is 1. The molecule has 2 aromatic carbocycles. The molecule has 7 heteroatoms. The summed E-state index contributed by atoms with van der Waals surface area (Å²) >= 11 is 1.22. The molecule has 0 fully saturated rings. The van der Waals surface area contributed by atoms with Crippen molar-refractivity contribution in [1.29, 1.82) is 0 Å². The number of hydrogen-bond donors (Lipinski definition) is 1. The lowest BCUT2D eigenvalue weighted by Crippen LogP contribution is -2.23. The number of nitrogens with zero attached hydrogens (tertiary/aromatic N) is 3. The highest BCUT2D eigenvalue weighted by Crippen LogP contribution is 2.24. The van der Waals surface area contributed by atoms with Crippen LogP contribution in [0.25, 0.3) is 16.6 Å². The van der Waals surface area contributed by atoms with Crippen LogP contribution in [0, 0.1) is 0 Å². The third-order valence-electron chi connectivity index (χ3n) is 5.02. The van der Waals surface area contributed by atoms with Crippen LogP contribution in [0.15, 0.2) is 83.0 Å². The number of benzene rings is 2. The number of carbonyl (C=O) groups excluding carboxylic acids is 1. The molecule has 6 nitrogen and oxygen atoms in total. The number of anilines is 1. The molecule has 0 bridgehead atoms. The molecular formula is C25H24N4O2S. The first kappa shape index (κ1) is 21.8. The monoisotopic (exact) mass is 444 g/mol. The Kier molecular flexibility index (Phi) is 6.10. The van der Waals surface area contributed by atoms with Gasteiger partial charge in [0.15, 0.2) is 5.16 Å². The van der Waals surface area contributed by atoms with Gasteiger partial charge in [-0.3, -0.25) is 19.1 Å². The van der Waals surface area contributed by atoms with Gasteiger partial charge in [-0.15, -0.1) is 0 Å². The zero-order valence-electron chi connectivity index (χ0n) is 18.2. The number of rotatable bonds is 5. The lowest BCUT2D eigenvalue weighted by Gasteiger charge is -2.19. The Morgan fingerprint density at radius 1 is 1.03 bits per heavy atom. The number of nitrogens with one attached hydrogen (secondary N) is 1. The average Bonchev–Trinajstić information content (AvgIpc) is 2.78. The predicted octanol–water partition coefficient (Wildman–Crippen LogP) is 4.81. The molecule has 4 rings (SSSR count). The minimum atomic E-state index is -0.190. The highest BCUT2D eigenvalue weighted by Gasteiger charge is 2.16. The Morgan fingerprint density at radius 3 is 2.47 bits per heavy atom. The van der Waals surface area contributed by atoms with Gasteiger partial charge in [0.1, 0.15) is 0 Å². The highest BCUT2D eigenvalue weighted by molar-refractivity contribution is 7.99. The second-order valence-electron chi connectivity index (χ2n) is 8.43. The summed E-state index contributed by atoms with van der Waals surface area (Å²) in [7, 11) is 0. The molecule has 2 heterocycles. The lowest BCUT2D eigenvalue weighted by molar-refractivity contribution is -0.113. The summed E-state index contributed by atoms with van der Waals surface area (Å²) in [6.07, 6.45) is 3.26. The minimum absolute atomic E-state index is 0.0517. The average molecular weight is 445 g/mol. The zero-order valence-corrected chi connectivity index (χ0v) is 19.0. The van der Waals surface area contributed by atoms with Gasteiger partial charge in [0.05, 0.1) is 28.5 Å². The number of carbonyl (C=O) groups is 1. The van der Waals surface area contributed by atoms with E-state index in [1.54, 1.807) is 36.7 Å². The molecular weight excluding hydrogens is 420 g/mol. The van der Waals surface area contributed by atoms with Crippen LogP contribution in [-0.2, 0) is 10.2 Å². The molecule has 0 aliphatic heterocycles. The number of fused-ring (bicyclic) bond motifs is 1. The first-order valence-electron chi connectivity index (χ1n) is 10.3. The summed E-state index contributed by atoms with van der Waals surface area (Å²) in [5, 5.41) is 3.88. The van der Waals surface area contributed by atoms with E-state index in [0.717, 1.165) is 5.69 Å². The summed E-state index contributed by atoms with van der Waals surface area (Å²) in [5.41, 5.74) is 3.00. The quantitative estimate of drug-likeness (QED) is 0.353. The summed E-state index contributed by atoms with van der Waals surface area (Å²) in [4.78, 5) is 34.6. The molecule has 2 aromatic heterocycles. The summed E-state index contributed by atoms with van der Waals surface area (Å²) in [6, 6.07) is 18.6. The Hall–Kier alpha value is -3.45. The normalized spacial score (nSPS) is 11.5. The van der Waals surface area contributed by atoms with Gasteiger partial charge < -0.3 is 5.32 Å². The smallest absolute Gasteiger partial charge is 0.266 e. The zero-order chi connectivity index (χ0) is 22.7. The van der Waals surface area contributed by atoms with Crippen molar-refractivity contribution >= 4 is 34.3 Å². The second kappa shape index (κ2) is 8.96. The van der Waals surface area contributed by atoms with E-state index in [0.29, 0.717) is 21.7 Å². The van der Waals surface area contributed by atoms with E-state index in [1.165, 1.54) is 21.9 Å². The lowest BCUT2D eigenvalue weighted by atomic mass is 9.87. The van der Waals surface area contributed by atoms with Gasteiger partial charge in [0, 0.05) is 11.9 Å². The van der Waals surface area contributed by atoms with Gasteiger partial charge in [-0.25, -0.2) is 4.98 Å². The van der Waals surface area contributed by atoms with E-state index in [2.05, 4.69) is 36.1 Å². The summed E-state index contributed by atoms with van der Waals surface area (Å²) in [5.74, 6) is -0.0508. The summed E-state index contributed by atoms with van der Waals surface area (Å²) in [6.45, 7) is 6.45. The minimum Gasteiger partial charge on any atom is -0.325 e. The number of hydrogen-bond acceptors (Lipinski definition) is 5. The standard InChI is InChI=1S/C25H24N4O2S/c1-25(2,3)17-10-12-18(13-11-17)27-22(30)16-32-24-28-21-9-5-4-8-20(21)23(31)29(24)19-7-6-14-26-15-19/h4-15H,16H2,1-3H3,(H,27,30). The fraction of sp³-hybridized carbons (Fsp3) is 0.200. The van der Waals surface area contributed by atoms with Crippen molar-refractivity contribution < 1.29 is 4.79 Å². The van der Waals surface area contributed by atoms with E-state index in [-0.39, 0.29) is 22.6 Å². The van der Waals surface area contributed by atoms with Crippen LogP contribution in [0.3, 0.4) is 0 Å². The Morgan fingerprint density at radius 2 is 1.78 bits per heavy atom. The van der Waals surface area contributed by atoms with Crippen LogP contribution in [0.4, 0.5) is 5.69 Å². The molecule has 0 aliphatic carbocycles. The van der Waals surface area contributed by atoms with Gasteiger partial charge in [-0.05, 0) is 47.4 Å². The van der Waals surface area contributed by atoms with Crippen molar-refractivity contribution in [1.82, 2.24) is 14.5 Å². The number of pyridine rings is 1. The largest absolute Gasteiger partial charge is 0.325 e. The van der Waals surface area contributed by atoms with Crippen LogP contribution in [0.1, 0.15) is 26.3 Å². The first-order chi connectivity index (χ1) is 15.3. The van der Waals surface area contributed by atoms with Gasteiger partial charge in [0.2, 0.25) is 5.91 Å². The maximum atomic E-state index is 13.2. The first-order valence-corrected chi connectivity index (χ1v) is 11.3. The second-order valence-corrected chi connectivity index (χ2v) is 9.37. The summed E-state index contributed by atoms with van der Waals surface area (Å²) < 4.78 is 1.51. The van der Waals surface area contributed by atoms with E-state index in [9.17, 15) is 9.59 Å². The maximum Gasteiger partial charge on any atom is 0.266 e. The molecule has 0 unspecified atom stereocenters. The fourth-order valence-electron chi connectivity index (χ4n) is 3.30. The van der Waals surface area contributed by atoms with Crippen LogP contribution in [0.2, 0.25) is 0 Å². The molecule has 0 aliphatic rings. The molecule has 0 saturated carbocycles. The van der Waals surface area contributed by atoms with E-state index >= 15 is 0 Å². The third-order valence-corrected chi connectivity index (χ3v) is 5.95. The topological polar surface area (TPSA) is 76.9 Å². The Labute approximate surface area is 190 Å². The van der Waals surface area contributed by atoms with Crippen LogP contribution in [0.5, 0.6) is 0 Å². The van der Waals surface area contributed by atoms with E-state index in [1.807, 2.05) is 36.4 Å². The molecule has 32 heavy (non-hydrogen) atoms. The molecule has 0 radical (unpaired) electrons. The number of amides is 1. The molecule has 0 atom stereocenters. The van der Waals surface area contributed by atoms with Crippen LogP contribution >= 0.6 is 11.8 Å². The van der Waals surface area contributed by atoms with Crippen LogP contribution < -0.4 is 10.9 Å². The Balaban J connectivity index is 1.57. The van der Waals surface area contributed by atoms with Crippen molar-refractivity contribution in [2.45, 2.75) is 31.3 Å². The van der Waals surface area contributed by atoms with Crippen LogP contribution in [-0.4, -0.2) is 26.2 Å². The predicted molar refractivity (Wildman–Crippen MR) is 130 cm³/mol. The van der Waals surface area contributed by atoms with Gasteiger partial charge >= 0.3 is 0 Å². The van der Waals surface area contributed by atoms with Crippen molar-refractivity contribution in [3.05, 3.63) is 89.0 Å². The van der Waals surface area contributed by atoms with Gasteiger partial charge in [-0.2, -0.15) is 0 Å². The van der Waals surface area contributed by atoms with E-state index < -0.39 is 0 Å². The molecule has 0 saturated heterocycles. The SMILES string of the molecule is CC(C)(C)c1ccc(NC(=O)CSc2nc3ccccc3c(=O)n2-c2cccnc2)cc1. The van der Waals surface area contributed by atoms with Crippen molar-refractivity contribution in [2.24, 2.45) is 0 Å². The highest BCUT2D eigenvalue weighted by atomic mass is 32.2. The van der Waals surface area contributed by atoms with Crippen molar-refractivity contribution in [3.63, 3.8) is 0 Å². The molecule has 1 N–H and O–H groups in total. The van der Waals surface area contributed by atoms with E-state index in [4.69, 9.17) is 0 Å². The molecule has 162 valence electrons. The molecule has 1 amide bonds.